The van der Waals surface area contributed by atoms with Gasteiger partial charge in [0.05, 0.1) is 35.8 Å². The molecule has 0 amide bonds. The first-order valence-electron chi connectivity index (χ1n) is 17.8. The monoisotopic (exact) mass is 493 g/mol. The fraction of sp³-hybridized carbons (Fsp3) is 0.467. The summed E-state index contributed by atoms with van der Waals surface area (Å²) in [5.74, 6) is -0.324. The summed E-state index contributed by atoms with van der Waals surface area (Å²) < 4.78 is 99.7. The molecule has 6 rings (SSSR count). The van der Waals surface area contributed by atoms with Crippen molar-refractivity contribution in [2.75, 3.05) is 44.2 Å². The number of carbonyl (C=O) groups is 1. The summed E-state index contributed by atoms with van der Waals surface area (Å²) in [4.78, 5) is 19.7. The number of piperidine rings is 1. The molecule has 2 aromatic carbocycles. The average molecular weight is 494 g/mol. The van der Waals surface area contributed by atoms with Crippen LogP contribution in [0.25, 0.3) is 10.9 Å². The Kier molecular flexibility index (Phi) is 3.40. The number of anilines is 1. The van der Waals surface area contributed by atoms with Crippen LogP contribution in [-0.2, 0) is 16.6 Å². The third kappa shape index (κ3) is 3.56. The van der Waals surface area contributed by atoms with Gasteiger partial charge < -0.3 is 14.6 Å². The van der Waals surface area contributed by atoms with E-state index in [0.717, 1.165) is 4.90 Å². The summed E-state index contributed by atoms with van der Waals surface area (Å²) in [5.41, 5.74) is 1.96. The quantitative estimate of drug-likeness (QED) is 0.569. The molecule has 3 heterocycles. The van der Waals surface area contributed by atoms with E-state index in [-0.39, 0.29) is 19.6 Å². The van der Waals surface area contributed by atoms with E-state index in [0.29, 0.717) is 56.5 Å². The van der Waals surface area contributed by atoms with E-state index in [1.807, 2.05) is 6.92 Å². The Labute approximate surface area is 228 Å². The van der Waals surface area contributed by atoms with Crippen molar-refractivity contribution in [1.29, 1.82) is 5.26 Å². The maximum atomic E-state index is 14.1. The lowest BCUT2D eigenvalue weighted by Crippen LogP contribution is -2.49. The topological polar surface area (TPSA) is 72.4 Å². The van der Waals surface area contributed by atoms with Gasteiger partial charge in [0.2, 0.25) is 0 Å². The summed E-state index contributed by atoms with van der Waals surface area (Å²) in [6, 6.07) is 7.57. The summed E-state index contributed by atoms with van der Waals surface area (Å²) in [7, 11) is 0. The van der Waals surface area contributed by atoms with E-state index in [1.54, 1.807) is 30.3 Å². The maximum Gasteiger partial charge on any atom is 0.195 e. The second kappa shape index (κ2) is 8.76. The fourth-order valence-electron chi connectivity index (χ4n) is 5.26. The van der Waals surface area contributed by atoms with Crippen LogP contribution in [0.15, 0.2) is 30.3 Å². The van der Waals surface area contributed by atoms with Crippen molar-refractivity contribution in [3.63, 3.8) is 0 Å². The Morgan fingerprint density at radius 3 is 2.69 bits per heavy atom. The molecule has 1 aliphatic carbocycles. The third-order valence-corrected chi connectivity index (χ3v) is 7.18. The molecule has 3 aliphatic rings. The number of aromatic amines is 1. The molecule has 2 aliphatic heterocycles. The number of H-pyrrole nitrogens is 1. The first-order chi connectivity index (χ1) is 21.8. The van der Waals surface area contributed by atoms with Crippen LogP contribution in [0.2, 0.25) is 0 Å². The van der Waals surface area contributed by atoms with Gasteiger partial charge in [-0.2, -0.15) is 5.26 Å². The molecule has 186 valence electrons. The number of hydrogen-bond donors (Lipinski definition) is 1. The number of nitrogens with zero attached hydrogens (tertiary/aromatic N) is 3. The van der Waals surface area contributed by atoms with Gasteiger partial charge >= 0.3 is 0 Å². The van der Waals surface area contributed by atoms with Crippen LogP contribution in [0.1, 0.15) is 86.9 Å². The molecule has 6 nitrogen and oxygen atoms in total. The molecule has 0 radical (unpaired) electrons. The van der Waals surface area contributed by atoms with Gasteiger partial charge in [-0.25, -0.2) is 0 Å². The fourth-order valence-corrected chi connectivity index (χ4v) is 5.26. The highest BCUT2D eigenvalue weighted by atomic mass is 16.5. The molecule has 6 heteroatoms. The number of aryl methyl sites for hydroxylation is 1. The zero-order valence-corrected chi connectivity index (χ0v) is 20.0. The highest BCUT2D eigenvalue weighted by Crippen LogP contribution is 2.46. The minimum absolute atomic E-state index is 0.290. The van der Waals surface area contributed by atoms with Crippen molar-refractivity contribution in [2.45, 2.75) is 51.3 Å². The van der Waals surface area contributed by atoms with Crippen molar-refractivity contribution in [3.8, 4) is 6.07 Å². The summed E-state index contributed by atoms with van der Waals surface area (Å²) in [5, 5.41) is 10.00. The Morgan fingerprint density at radius 1 is 1.22 bits per heavy atom. The number of rotatable bonds is 3. The van der Waals surface area contributed by atoms with Crippen LogP contribution < -0.4 is 4.90 Å². The third-order valence-electron chi connectivity index (χ3n) is 7.18. The van der Waals surface area contributed by atoms with Crippen molar-refractivity contribution in [1.82, 2.24) is 9.88 Å². The van der Waals surface area contributed by atoms with Crippen LogP contribution in [0.5, 0.6) is 0 Å². The molecular formula is C30H34N4O2. The number of nitrogens with one attached hydrogen (secondary N) is 1. The minimum atomic E-state index is -2.70. The highest BCUT2D eigenvalue weighted by molar-refractivity contribution is 6.20. The van der Waals surface area contributed by atoms with Crippen LogP contribution >= 0.6 is 0 Å². The number of nitriles is 1. The SMILES string of the molecule is [2H]CC1(C[2H])c2cc(N3CC([2H])([2H])C([2H])(N4CC([2H])([2H])OC([2H])([2H])C4)C([2H])([2H])C3)c(CC)cc2C(=O)c2c1[nH]c1cc(C#N)ccc21. The predicted octanol–water partition coefficient (Wildman–Crippen LogP) is 4.77. The average Bonchev–Trinajstić information content (AvgIpc) is 3.37. The molecule has 0 spiro atoms. The van der Waals surface area contributed by atoms with Gasteiger partial charge in [-0.05, 0) is 54.6 Å². The van der Waals surface area contributed by atoms with Gasteiger partial charge in [-0.1, -0.05) is 26.8 Å². The second-order valence-electron chi connectivity index (χ2n) is 9.34. The Bertz CT molecular complexity index is 1800. The van der Waals surface area contributed by atoms with Gasteiger partial charge in [-0.15, -0.1) is 0 Å². The highest BCUT2D eigenvalue weighted by Gasteiger charge is 2.40. The predicted molar refractivity (Wildman–Crippen MR) is 142 cm³/mol. The molecular weight excluding hydrogens is 448 g/mol. The van der Waals surface area contributed by atoms with Crippen molar-refractivity contribution in [2.24, 2.45) is 0 Å². The second-order valence-corrected chi connectivity index (χ2v) is 9.34. The first-order valence-corrected chi connectivity index (χ1v) is 11.9. The van der Waals surface area contributed by atoms with Crippen LogP contribution in [0.4, 0.5) is 5.69 Å². The number of hydrogen-bond acceptors (Lipinski definition) is 5. The molecule has 0 saturated carbocycles. The zero-order valence-electron chi connectivity index (χ0n) is 31.0. The Morgan fingerprint density at radius 2 is 2.00 bits per heavy atom. The lowest BCUT2D eigenvalue weighted by molar-refractivity contribution is 0.0115. The molecule has 36 heavy (non-hydrogen) atoms. The van der Waals surface area contributed by atoms with Crippen LogP contribution in [-0.4, -0.2) is 61.0 Å². The normalized spacial score (nSPS) is 31.2. The van der Waals surface area contributed by atoms with Crippen molar-refractivity contribution >= 4 is 22.4 Å². The summed E-state index contributed by atoms with van der Waals surface area (Å²) in [6.07, 6.45) is -4.96. The number of aromatic nitrogens is 1. The molecule has 0 unspecified atom stereocenters. The minimum Gasteiger partial charge on any atom is -0.379 e. The number of morpholine rings is 1. The maximum absolute atomic E-state index is 14.1. The molecule has 1 N–H and O–H groups in total. The Hall–Kier alpha value is -3.14. The lowest BCUT2D eigenvalue weighted by atomic mass is 9.70. The van der Waals surface area contributed by atoms with Gasteiger partial charge in [0.25, 0.3) is 0 Å². The van der Waals surface area contributed by atoms with Crippen molar-refractivity contribution in [3.05, 3.63) is 63.8 Å². The van der Waals surface area contributed by atoms with E-state index in [9.17, 15) is 11.4 Å². The van der Waals surface area contributed by atoms with Gasteiger partial charge in [-0.3, -0.25) is 9.69 Å². The largest absolute Gasteiger partial charge is 0.379 e. The van der Waals surface area contributed by atoms with Gasteiger partial charge in [0.1, 0.15) is 0 Å². The van der Waals surface area contributed by atoms with E-state index in [4.69, 9.17) is 18.4 Å². The van der Waals surface area contributed by atoms with Crippen molar-refractivity contribution < 1.29 is 24.6 Å². The zero-order chi connectivity index (χ0) is 34.5. The molecule has 0 bridgehead atoms. The van der Waals surface area contributed by atoms with E-state index >= 15 is 0 Å². The van der Waals surface area contributed by atoms with E-state index < -0.39 is 63.5 Å². The number of ether oxygens (including phenoxy) is 1. The first kappa shape index (κ1) is 14.0. The van der Waals surface area contributed by atoms with Gasteiger partial charge in [0, 0.05) is 75.1 Å². The van der Waals surface area contributed by atoms with Crippen LogP contribution in [0.3, 0.4) is 0 Å². The smallest absolute Gasteiger partial charge is 0.195 e. The van der Waals surface area contributed by atoms with E-state index in [1.165, 1.54) is 4.90 Å². The molecule has 2 fully saturated rings. The lowest BCUT2D eigenvalue weighted by Gasteiger charge is -2.42. The summed E-state index contributed by atoms with van der Waals surface area (Å²) >= 11 is 0. The number of carbonyl (C=O) groups excluding carboxylic acids is 1. The molecule has 2 saturated heterocycles. The molecule has 0 atom stereocenters. The number of ketones is 1. The molecule has 1 aromatic heterocycles. The summed E-state index contributed by atoms with van der Waals surface area (Å²) in [6.45, 7) is -6.43. The van der Waals surface area contributed by atoms with E-state index in [2.05, 4.69) is 11.1 Å². The molecule has 3 aromatic rings. The van der Waals surface area contributed by atoms with Crippen LogP contribution in [0, 0.1) is 11.3 Å². The standard InChI is InChI=1S/C30H34N4O2/c1-4-20-16-23-24(17-26(20)34-9-7-21(8-10-34)33-11-13-36-14-12-33)30(2,3)29-27(28(23)35)22-6-5-19(18-31)15-25(22)32-29/h5-6,15-17,21,32H,4,7-14H2,1-3H3/i2D,3D,7D2,8D2,13D2,14D2,21D. The Balaban J connectivity index is 1.48. The van der Waals surface area contributed by atoms with Gasteiger partial charge in [0.15, 0.2) is 5.78 Å². The number of fused-ring (bicyclic) bond motifs is 4. The number of benzene rings is 2.